The van der Waals surface area contributed by atoms with Crippen molar-refractivity contribution >= 4 is 30.0 Å². The summed E-state index contributed by atoms with van der Waals surface area (Å²) in [4.78, 5) is 11.1. The van der Waals surface area contributed by atoms with E-state index in [2.05, 4.69) is 4.74 Å². The normalized spacial score (nSPS) is 10.6. The molecule has 0 heterocycles. The van der Waals surface area contributed by atoms with Crippen molar-refractivity contribution in [3.05, 3.63) is 28.8 Å². The molecular formula is C8H6BClF3KO2. The van der Waals surface area contributed by atoms with Crippen LogP contribution in [-0.2, 0) is 4.74 Å². The van der Waals surface area contributed by atoms with Crippen molar-refractivity contribution in [1.82, 2.24) is 0 Å². The molecule has 0 N–H and O–H groups in total. The molecule has 0 aromatic heterocycles. The number of carbonyl (C=O) groups excluding carboxylic acids is 1. The van der Waals surface area contributed by atoms with E-state index in [4.69, 9.17) is 11.6 Å². The number of ether oxygens (including phenoxy) is 1. The molecule has 2 nitrogen and oxygen atoms in total. The Kier molecular flexibility index (Phi) is 6.61. The molecule has 16 heavy (non-hydrogen) atoms. The second-order valence-electron chi connectivity index (χ2n) is 2.77. The van der Waals surface area contributed by atoms with Gasteiger partial charge in [0.25, 0.3) is 0 Å². The molecule has 1 aromatic rings. The fourth-order valence-corrected chi connectivity index (χ4v) is 1.39. The van der Waals surface area contributed by atoms with Crippen LogP contribution in [-0.4, -0.2) is 20.1 Å². The molecule has 0 saturated heterocycles. The van der Waals surface area contributed by atoms with Gasteiger partial charge in [0, 0.05) is 0 Å². The molecule has 8 heteroatoms. The summed E-state index contributed by atoms with van der Waals surface area (Å²) in [6, 6.07) is 3.15. The average Bonchev–Trinajstić information content (AvgIpc) is 2.15. The van der Waals surface area contributed by atoms with Crippen molar-refractivity contribution in [2.45, 2.75) is 0 Å². The van der Waals surface area contributed by atoms with Crippen LogP contribution in [0.1, 0.15) is 10.4 Å². The minimum absolute atomic E-state index is 0. The molecule has 0 aliphatic carbocycles. The number of benzene rings is 1. The molecule has 82 valence electrons. The summed E-state index contributed by atoms with van der Waals surface area (Å²) < 4.78 is 41.8. The van der Waals surface area contributed by atoms with Gasteiger partial charge in [-0.15, -0.1) is 0 Å². The summed E-state index contributed by atoms with van der Waals surface area (Å²) in [5, 5.41) is -0.265. The Morgan fingerprint density at radius 2 is 1.94 bits per heavy atom. The first-order chi connectivity index (χ1) is 6.88. The Bertz CT molecular complexity index is 397. The molecule has 0 amide bonds. The van der Waals surface area contributed by atoms with Crippen molar-refractivity contribution in [2.24, 2.45) is 0 Å². The topological polar surface area (TPSA) is 26.3 Å². The number of carbonyl (C=O) groups is 1. The number of methoxy groups -OCH3 is 1. The van der Waals surface area contributed by atoms with Crippen LogP contribution in [0.15, 0.2) is 18.2 Å². The zero-order valence-electron chi connectivity index (χ0n) is 8.64. The van der Waals surface area contributed by atoms with E-state index >= 15 is 0 Å². The van der Waals surface area contributed by atoms with E-state index in [1.165, 1.54) is 6.07 Å². The molecule has 0 unspecified atom stereocenters. The van der Waals surface area contributed by atoms with Crippen molar-refractivity contribution in [1.29, 1.82) is 0 Å². The van der Waals surface area contributed by atoms with Crippen LogP contribution in [0.5, 0.6) is 0 Å². The van der Waals surface area contributed by atoms with Crippen LogP contribution in [0.25, 0.3) is 0 Å². The largest absolute Gasteiger partial charge is 1.00 e. The molecular weight excluding hydrogens is 270 g/mol. The number of halogens is 4. The Labute approximate surface area is 138 Å². The average molecular weight is 276 g/mol. The summed E-state index contributed by atoms with van der Waals surface area (Å²) in [5.41, 5.74) is -1.66. The summed E-state index contributed by atoms with van der Waals surface area (Å²) in [5.74, 6) is -1.09. The van der Waals surface area contributed by atoms with Gasteiger partial charge in [-0.05, 0) is 6.07 Å². The van der Waals surface area contributed by atoms with E-state index in [0.29, 0.717) is 0 Å². The second kappa shape index (κ2) is 6.42. The van der Waals surface area contributed by atoms with Crippen LogP contribution in [0, 0.1) is 0 Å². The van der Waals surface area contributed by atoms with Crippen molar-refractivity contribution in [3.8, 4) is 0 Å². The van der Waals surface area contributed by atoms with Gasteiger partial charge in [-0.25, -0.2) is 4.79 Å². The van der Waals surface area contributed by atoms with E-state index in [9.17, 15) is 17.7 Å². The van der Waals surface area contributed by atoms with Crippen LogP contribution < -0.4 is 56.8 Å². The van der Waals surface area contributed by atoms with Gasteiger partial charge < -0.3 is 17.7 Å². The number of rotatable bonds is 2. The third kappa shape index (κ3) is 3.75. The monoisotopic (exact) mass is 276 g/mol. The maximum absolute atomic E-state index is 12.5. The van der Waals surface area contributed by atoms with Crippen LogP contribution >= 0.6 is 11.6 Å². The minimum atomic E-state index is -5.28. The third-order valence-corrected chi connectivity index (χ3v) is 2.10. The van der Waals surface area contributed by atoms with E-state index in [0.717, 1.165) is 19.2 Å². The summed E-state index contributed by atoms with van der Waals surface area (Å²) in [7, 11) is 0.999. The Hall–Kier alpha value is 0.471. The maximum Gasteiger partial charge on any atom is 1.00 e. The van der Waals surface area contributed by atoms with Gasteiger partial charge in [0.15, 0.2) is 0 Å². The first-order valence-corrected chi connectivity index (χ1v) is 4.32. The van der Waals surface area contributed by atoms with Gasteiger partial charge in [-0.1, -0.05) is 29.2 Å². The Morgan fingerprint density at radius 1 is 1.38 bits per heavy atom. The number of hydrogen-bond acceptors (Lipinski definition) is 2. The zero-order chi connectivity index (χ0) is 11.6. The Morgan fingerprint density at radius 3 is 2.38 bits per heavy atom. The smallest absolute Gasteiger partial charge is 0.465 e. The molecule has 0 aliphatic rings. The zero-order valence-corrected chi connectivity index (χ0v) is 12.5. The third-order valence-electron chi connectivity index (χ3n) is 1.79. The molecule has 0 bridgehead atoms. The quantitative estimate of drug-likeness (QED) is 0.521. The predicted octanol–water partition coefficient (Wildman–Crippen LogP) is -0.815. The number of hydrogen-bond donors (Lipinski definition) is 0. The standard InChI is InChI=1S/C8H6BClF3O2.K/c1-15-8(14)7-5(9(11,12)13)3-2-4-6(7)10;/h2-4H,1H3;/q-1;+1. The molecule has 0 saturated carbocycles. The molecule has 0 aliphatic heterocycles. The summed E-state index contributed by atoms with van der Waals surface area (Å²) in [6.07, 6.45) is 0. The van der Waals surface area contributed by atoms with Crippen molar-refractivity contribution < 1.29 is 73.9 Å². The molecule has 0 radical (unpaired) electrons. The fourth-order valence-electron chi connectivity index (χ4n) is 1.13. The SMILES string of the molecule is COC(=O)c1c(Cl)cccc1[B-](F)(F)F.[K+]. The van der Waals surface area contributed by atoms with Gasteiger partial charge in [0.2, 0.25) is 0 Å². The van der Waals surface area contributed by atoms with Gasteiger partial charge in [0.05, 0.1) is 17.7 Å². The van der Waals surface area contributed by atoms with Crippen LogP contribution in [0.2, 0.25) is 5.02 Å². The van der Waals surface area contributed by atoms with E-state index in [-0.39, 0.29) is 56.4 Å². The molecule has 0 atom stereocenters. The first kappa shape index (κ1) is 16.5. The van der Waals surface area contributed by atoms with Crippen LogP contribution in [0.4, 0.5) is 12.9 Å². The Balaban J connectivity index is 0.00000225. The van der Waals surface area contributed by atoms with Crippen LogP contribution in [0.3, 0.4) is 0 Å². The molecule has 0 fully saturated rings. The maximum atomic E-state index is 12.5. The molecule has 0 spiro atoms. The first-order valence-electron chi connectivity index (χ1n) is 3.94. The minimum Gasteiger partial charge on any atom is -0.465 e. The van der Waals surface area contributed by atoms with Gasteiger partial charge in [0.1, 0.15) is 0 Å². The van der Waals surface area contributed by atoms with Gasteiger partial charge in [-0.2, -0.15) is 0 Å². The van der Waals surface area contributed by atoms with Crippen molar-refractivity contribution in [3.63, 3.8) is 0 Å². The summed E-state index contributed by atoms with van der Waals surface area (Å²) in [6.45, 7) is -5.28. The van der Waals surface area contributed by atoms with Crippen molar-refractivity contribution in [2.75, 3.05) is 7.11 Å². The molecule has 1 rings (SSSR count). The summed E-state index contributed by atoms with van der Waals surface area (Å²) >= 11 is 5.52. The van der Waals surface area contributed by atoms with Gasteiger partial charge in [-0.3, -0.25) is 0 Å². The molecule has 1 aromatic carbocycles. The van der Waals surface area contributed by atoms with E-state index in [1.807, 2.05) is 0 Å². The second-order valence-corrected chi connectivity index (χ2v) is 3.18. The fraction of sp³-hybridized carbons (Fsp3) is 0.125. The van der Waals surface area contributed by atoms with E-state index in [1.54, 1.807) is 0 Å². The van der Waals surface area contributed by atoms with E-state index < -0.39 is 24.0 Å². The number of esters is 1. The predicted molar refractivity (Wildman–Crippen MR) is 51.5 cm³/mol. The van der Waals surface area contributed by atoms with Gasteiger partial charge >= 0.3 is 64.3 Å².